The minimum atomic E-state index is -0.422. The van der Waals surface area contributed by atoms with Crippen LogP contribution in [0.5, 0.6) is 5.75 Å². The molecule has 21 heavy (non-hydrogen) atoms. The number of hydrogen-bond acceptors (Lipinski definition) is 3. The number of rotatable bonds is 8. The van der Waals surface area contributed by atoms with Crippen molar-refractivity contribution >= 4 is 0 Å². The molecule has 0 radical (unpaired) electrons. The van der Waals surface area contributed by atoms with E-state index in [0.29, 0.717) is 31.2 Å². The predicted molar refractivity (Wildman–Crippen MR) is 82.5 cm³/mol. The highest BCUT2D eigenvalue weighted by molar-refractivity contribution is 5.29. The van der Waals surface area contributed by atoms with Gasteiger partial charge in [0.25, 0.3) is 0 Å². The molecule has 0 aliphatic rings. The number of nitrogens with zero attached hydrogens (tertiary/aromatic N) is 1. The van der Waals surface area contributed by atoms with Crippen LogP contribution in [0.2, 0.25) is 0 Å². The molecule has 0 bridgehead atoms. The van der Waals surface area contributed by atoms with Crippen LogP contribution in [-0.4, -0.2) is 13.2 Å². The van der Waals surface area contributed by atoms with Crippen molar-refractivity contribution in [3.63, 3.8) is 0 Å². The second-order valence-corrected chi connectivity index (χ2v) is 6.41. The number of hydrogen-bond donors (Lipinski definition) is 1. The molecule has 3 nitrogen and oxygen atoms in total. The van der Waals surface area contributed by atoms with Crippen LogP contribution in [0, 0.1) is 28.5 Å². The number of nitrogens with one attached hydrogen (secondary N) is 1. The van der Waals surface area contributed by atoms with Crippen molar-refractivity contribution in [3.8, 4) is 11.8 Å². The monoisotopic (exact) mass is 292 g/mol. The Labute approximate surface area is 127 Å². The summed E-state index contributed by atoms with van der Waals surface area (Å²) < 4.78 is 19.2. The summed E-state index contributed by atoms with van der Waals surface area (Å²) in [6.07, 6.45) is 0.612. The summed E-state index contributed by atoms with van der Waals surface area (Å²) in [5.41, 5.74) is 0.444. The molecule has 116 valence electrons. The molecule has 0 aliphatic heterocycles. The zero-order valence-corrected chi connectivity index (χ0v) is 13.4. The van der Waals surface area contributed by atoms with Crippen LogP contribution in [0.25, 0.3) is 0 Å². The highest BCUT2D eigenvalue weighted by Crippen LogP contribution is 2.21. The fourth-order valence-electron chi connectivity index (χ4n) is 1.79. The van der Waals surface area contributed by atoms with Crippen LogP contribution >= 0.6 is 0 Å². The Morgan fingerprint density at radius 2 is 2.05 bits per heavy atom. The van der Waals surface area contributed by atoms with E-state index in [1.807, 2.05) is 19.9 Å². The molecule has 1 rings (SSSR count). The molecule has 1 aromatic carbocycles. The molecule has 0 aliphatic carbocycles. The molecule has 4 heteroatoms. The first-order valence-electron chi connectivity index (χ1n) is 7.36. The van der Waals surface area contributed by atoms with E-state index in [2.05, 4.69) is 25.2 Å². The number of benzene rings is 1. The summed E-state index contributed by atoms with van der Waals surface area (Å²) >= 11 is 0. The molecule has 1 N–H and O–H groups in total. The maximum atomic E-state index is 13.6. The standard InChI is InChI=1S/C17H25FN2O/c1-13(2)10-20-11-14-7-15(18)9-16(8-14)21-6-5-17(3,4)12-19/h7-9,13,20H,5-6,10-11H2,1-4H3. The van der Waals surface area contributed by atoms with E-state index in [4.69, 9.17) is 10.00 Å². The van der Waals surface area contributed by atoms with Gasteiger partial charge in [-0.3, -0.25) is 0 Å². The zero-order valence-electron chi connectivity index (χ0n) is 13.4. The van der Waals surface area contributed by atoms with Gasteiger partial charge in [-0.25, -0.2) is 4.39 Å². The lowest BCUT2D eigenvalue weighted by molar-refractivity contribution is 0.263. The van der Waals surface area contributed by atoms with Gasteiger partial charge >= 0.3 is 0 Å². The minimum Gasteiger partial charge on any atom is -0.493 e. The molecule has 0 aromatic heterocycles. The summed E-state index contributed by atoms with van der Waals surface area (Å²) in [6.45, 7) is 9.91. The van der Waals surface area contributed by atoms with Gasteiger partial charge in [0.2, 0.25) is 0 Å². The van der Waals surface area contributed by atoms with Crippen molar-refractivity contribution in [2.24, 2.45) is 11.3 Å². The second-order valence-electron chi connectivity index (χ2n) is 6.41. The van der Waals surface area contributed by atoms with Gasteiger partial charge in [0.1, 0.15) is 11.6 Å². The Balaban J connectivity index is 2.55. The van der Waals surface area contributed by atoms with Gasteiger partial charge in [-0.05, 0) is 50.4 Å². The van der Waals surface area contributed by atoms with Crippen molar-refractivity contribution in [2.75, 3.05) is 13.2 Å². The van der Waals surface area contributed by atoms with Gasteiger partial charge in [-0.2, -0.15) is 5.26 Å². The molecule has 0 fully saturated rings. The van der Waals surface area contributed by atoms with Crippen LogP contribution in [-0.2, 0) is 6.54 Å². The van der Waals surface area contributed by atoms with E-state index in [1.165, 1.54) is 12.1 Å². The lowest BCUT2D eigenvalue weighted by Crippen LogP contribution is -2.19. The van der Waals surface area contributed by atoms with Gasteiger partial charge in [0.05, 0.1) is 18.1 Å². The summed E-state index contributed by atoms with van der Waals surface area (Å²) in [4.78, 5) is 0. The van der Waals surface area contributed by atoms with Gasteiger partial charge in [-0.1, -0.05) is 13.8 Å². The van der Waals surface area contributed by atoms with Crippen molar-refractivity contribution in [2.45, 2.75) is 40.7 Å². The SMILES string of the molecule is CC(C)CNCc1cc(F)cc(OCCC(C)(C)C#N)c1. The van der Waals surface area contributed by atoms with Crippen molar-refractivity contribution < 1.29 is 9.13 Å². The maximum absolute atomic E-state index is 13.6. The highest BCUT2D eigenvalue weighted by atomic mass is 19.1. The Hall–Kier alpha value is -1.60. The third-order valence-electron chi connectivity index (χ3n) is 3.11. The average molecular weight is 292 g/mol. The van der Waals surface area contributed by atoms with Crippen LogP contribution in [0.3, 0.4) is 0 Å². The lowest BCUT2D eigenvalue weighted by atomic mass is 9.92. The van der Waals surface area contributed by atoms with E-state index >= 15 is 0 Å². The van der Waals surface area contributed by atoms with Gasteiger partial charge < -0.3 is 10.1 Å². The minimum absolute atomic E-state index is 0.298. The Kier molecular flexibility index (Phi) is 6.64. The quantitative estimate of drug-likeness (QED) is 0.790. The van der Waals surface area contributed by atoms with Crippen LogP contribution in [0.4, 0.5) is 4.39 Å². The molecule has 0 saturated heterocycles. The summed E-state index contributed by atoms with van der Waals surface area (Å²) in [5, 5.41) is 12.2. The normalized spacial score (nSPS) is 11.5. The Bertz CT molecular complexity index is 492. The molecule has 1 aromatic rings. The number of nitriles is 1. The third-order valence-corrected chi connectivity index (χ3v) is 3.11. The highest BCUT2D eigenvalue weighted by Gasteiger charge is 2.16. The Morgan fingerprint density at radius 3 is 2.67 bits per heavy atom. The topological polar surface area (TPSA) is 45.0 Å². The van der Waals surface area contributed by atoms with Gasteiger partial charge in [-0.15, -0.1) is 0 Å². The van der Waals surface area contributed by atoms with E-state index in [9.17, 15) is 4.39 Å². The van der Waals surface area contributed by atoms with Crippen molar-refractivity contribution in [1.29, 1.82) is 5.26 Å². The van der Waals surface area contributed by atoms with Gasteiger partial charge in [0.15, 0.2) is 0 Å². The molecular weight excluding hydrogens is 267 g/mol. The summed E-state index contributed by atoms with van der Waals surface area (Å²) in [7, 11) is 0. The third kappa shape index (κ3) is 7.10. The second kappa shape index (κ2) is 7.99. The molecule has 0 atom stereocenters. The molecule has 0 saturated carbocycles. The fraction of sp³-hybridized carbons (Fsp3) is 0.588. The summed E-state index contributed by atoms with van der Waals surface area (Å²) in [5.74, 6) is 0.779. The molecule has 0 heterocycles. The predicted octanol–water partition coefficient (Wildman–Crippen LogP) is 3.89. The van der Waals surface area contributed by atoms with Crippen LogP contribution in [0.15, 0.2) is 18.2 Å². The average Bonchev–Trinajstić information content (AvgIpc) is 2.37. The fourth-order valence-corrected chi connectivity index (χ4v) is 1.79. The zero-order chi connectivity index (χ0) is 15.9. The first kappa shape index (κ1) is 17.5. The first-order valence-corrected chi connectivity index (χ1v) is 7.36. The number of halogens is 1. The Morgan fingerprint density at radius 1 is 1.33 bits per heavy atom. The maximum Gasteiger partial charge on any atom is 0.127 e. The van der Waals surface area contributed by atoms with Gasteiger partial charge in [0, 0.05) is 12.6 Å². The largest absolute Gasteiger partial charge is 0.493 e. The van der Waals surface area contributed by atoms with E-state index in [-0.39, 0.29) is 5.82 Å². The van der Waals surface area contributed by atoms with E-state index in [0.717, 1.165) is 12.1 Å². The van der Waals surface area contributed by atoms with E-state index in [1.54, 1.807) is 0 Å². The molecular formula is C17H25FN2O. The van der Waals surface area contributed by atoms with Crippen LogP contribution in [0.1, 0.15) is 39.7 Å². The van der Waals surface area contributed by atoms with Crippen molar-refractivity contribution in [3.05, 3.63) is 29.6 Å². The molecule has 0 unspecified atom stereocenters. The summed E-state index contributed by atoms with van der Waals surface area (Å²) in [6, 6.07) is 6.96. The van der Waals surface area contributed by atoms with Crippen LogP contribution < -0.4 is 10.1 Å². The van der Waals surface area contributed by atoms with E-state index < -0.39 is 5.41 Å². The smallest absolute Gasteiger partial charge is 0.127 e. The first-order chi connectivity index (χ1) is 9.82. The lowest BCUT2D eigenvalue weighted by Gasteiger charge is -2.16. The number of ether oxygens (including phenoxy) is 1. The molecule has 0 spiro atoms. The molecule has 0 amide bonds. The van der Waals surface area contributed by atoms with Crippen molar-refractivity contribution in [1.82, 2.24) is 5.32 Å².